The van der Waals surface area contributed by atoms with E-state index in [9.17, 15) is 12.8 Å². The number of sulfonamides is 1. The van der Waals surface area contributed by atoms with E-state index in [2.05, 4.69) is 0 Å². The molecule has 1 heterocycles. The number of benzene rings is 1. The third-order valence-electron chi connectivity index (χ3n) is 3.44. The number of nitrogens with zero attached hydrogens (tertiary/aromatic N) is 1. The van der Waals surface area contributed by atoms with E-state index >= 15 is 0 Å². The van der Waals surface area contributed by atoms with Gasteiger partial charge in [0.25, 0.3) is 0 Å². The molecule has 1 saturated heterocycles. The van der Waals surface area contributed by atoms with Crippen molar-refractivity contribution < 1.29 is 17.5 Å². The molecule has 0 atom stereocenters. The summed E-state index contributed by atoms with van der Waals surface area (Å²) in [7, 11) is -4.02. The Labute approximate surface area is 128 Å². The van der Waals surface area contributed by atoms with Gasteiger partial charge in [0, 0.05) is 23.7 Å². The molecule has 0 bridgehead atoms. The van der Waals surface area contributed by atoms with Crippen LogP contribution in [0.1, 0.15) is 19.4 Å². The first-order valence-electron chi connectivity index (χ1n) is 6.49. The zero-order chi connectivity index (χ0) is 15.8. The zero-order valence-corrected chi connectivity index (χ0v) is 13.5. The average Bonchev–Trinajstić information content (AvgIpc) is 2.40. The second-order valence-corrected chi connectivity index (χ2v) is 7.79. The predicted octanol–water partition coefficient (Wildman–Crippen LogP) is 1.74. The Hall–Kier alpha value is -0.730. The smallest absolute Gasteiger partial charge is 0.246 e. The Morgan fingerprint density at radius 3 is 2.71 bits per heavy atom. The summed E-state index contributed by atoms with van der Waals surface area (Å²) in [5.74, 6) is -0.843. The Morgan fingerprint density at radius 1 is 1.48 bits per heavy atom. The summed E-state index contributed by atoms with van der Waals surface area (Å²) >= 11 is 5.89. The molecule has 1 fully saturated rings. The summed E-state index contributed by atoms with van der Waals surface area (Å²) in [6, 6.07) is 2.46. The van der Waals surface area contributed by atoms with Gasteiger partial charge in [-0.05, 0) is 26.0 Å². The van der Waals surface area contributed by atoms with E-state index in [1.807, 2.05) is 0 Å². The van der Waals surface area contributed by atoms with Crippen LogP contribution in [0.2, 0.25) is 5.02 Å². The van der Waals surface area contributed by atoms with Crippen LogP contribution in [0, 0.1) is 5.82 Å². The van der Waals surface area contributed by atoms with Gasteiger partial charge >= 0.3 is 0 Å². The maximum absolute atomic E-state index is 14.4. The summed E-state index contributed by atoms with van der Waals surface area (Å²) in [6.45, 7) is 4.03. The van der Waals surface area contributed by atoms with Gasteiger partial charge in [-0.1, -0.05) is 11.6 Å². The Balaban J connectivity index is 2.56. The zero-order valence-electron chi connectivity index (χ0n) is 11.9. The van der Waals surface area contributed by atoms with Crippen molar-refractivity contribution in [2.75, 3.05) is 19.8 Å². The predicted molar refractivity (Wildman–Crippen MR) is 78.1 cm³/mol. The highest BCUT2D eigenvalue weighted by Gasteiger charge is 2.41. The summed E-state index contributed by atoms with van der Waals surface area (Å²) in [5.41, 5.74) is 4.76. The van der Waals surface area contributed by atoms with Gasteiger partial charge in [0.05, 0.1) is 18.8 Å². The molecular weight excluding hydrogens is 319 g/mol. The molecule has 1 aromatic carbocycles. The molecule has 1 aliphatic heterocycles. The van der Waals surface area contributed by atoms with Gasteiger partial charge in [-0.15, -0.1) is 0 Å². The third-order valence-corrected chi connectivity index (χ3v) is 5.76. The second-order valence-electron chi connectivity index (χ2n) is 5.52. The molecule has 2 N–H and O–H groups in total. The fraction of sp³-hybridized carbons (Fsp3) is 0.538. The number of hydrogen-bond acceptors (Lipinski definition) is 4. The highest BCUT2D eigenvalue weighted by atomic mass is 35.5. The fourth-order valence-corrected chi connectivity index (χ4v) is 4.56. The van der Waals surface area contributed by atoms with Gasteiger partial charge in [0.1, 0.15) is 10.7 Å². The van der Waals surface area contributed by atoms with Crippen LogP contribution in [0.4, 0.5) is 4.39 Å². The van der Waals surface area contributed by atoms with E-state index in [4.69, 9.17) is 22.1 Å². The van der Waals surface area contributed by atoms with Crippen LogP contribution in [0.15, 0.2) is 17.0 Å². The second kappa shape index (κ2) is 5.81. The quantitative estimate of drug-likeness (QED) is 0.912. The van der Waals surface area contributed by atoms with Crippen molar-refractivity contribution in [1.82, 2.24) is 4.31 Å². The standard InChI is InChI=1S/C13H18ClFN2O3S/c1-13(2)8-20-4-3-17(13)21(18,19)11-6-10(14)5-9(7-16)12(11)15/h5-6H,3-4,7-8,16H2,1-2H3. The maximum Gasteiger partial charge on any atom is 0.246 e. The van der Waals surface area contributed by atoms with Crippen molar-refractivity contribution in [3.63, 3.8) is 0 Å². The number of nitrogens with two attached hydrogens (primary N) is 1. The first-order valence-corrected chi connectivity index (χ1v) is 8.30. The van der Waals surface area contributed by atoms with E-state index < -0.39 is 26.3 Å². The van der Waals surface area contributed by atoms with Gasteiger partial charge in [-0.2, -0.15) is 4.31 Å². The van der Waals surface area contributed by atoms with E-state index in [0.717, 1.165) is 6.07 Å². The number of hydrogen-bond donors (Lipinski definition) is 1. The molecule has 8 heteroatoms. The van der Waals surface area contributed by atoms with E-state index in [1.54, 1.807) is 13.8 Å². The lowest BCUT2D eigenvalue weighted by molar-refractivity contribution is -0.00779. The molecular formula is C13H18ClFN2O3S. The van der Waals surface area contributed by atoms with E-state index in [-0.39, 0.29) is 36.9 Å². The van der Waals surface area contributed by atoms with Crippen LogP contribution in [0.5, 0.6) is 0 Å². The lowest BCUT2D eigenvalue weighted by Crippen LogP contribution is -2.55. The normalized spacial score (nSPS) is 19.7. The van der Waals surface area contributed by atoms with E-state index in [0.29, 0.717) is 0 Å². The first kappa shape index (κ1) is 16.6. The molecule has 0 aromatic heterocycles. The average molecular weight is 337 g/mol. The molecule has 0 amide bonds. The molecule has 0 unspecified atom stereocenters. The molecule has 1 aliphatic rings. The van der Waals surface area contributed by atoms with Crippen LogP contribution >= 0.6 is 11.6 Å². The molecule has 21 heavy (non-hydrogen) atoms. The molecule has 118 valence electrons. The van der Waals surface area contributed by atoms with Crippen LogP contribution in [-0.2, 0) is 21.3 Å². The van der Waals surface area contributed by atoms with Crippen molar-refractivity contribution in [3.05, 3.63) is 28.5 Å². The van der Waals surface area contributed by atoms with Gasteiger partial charge in [-0.25, -0.2) is 12.8 Å². The minimum atomic E-state index is -4.02. The topological polar surface area (TPSA) is 72.6 Å². The molecule has 0 spiro atoms. The molecule has 1 aromatic rings. The summed E-state index contributed by atoms with van der Waals surface area (Å²) in [6.07, 6.45) is 0. The number of halogens is 2. The summed E-state index contributed by atoms with van der Waals surface area (Å²) < 4.78 is 46.5. The monoisotopic (exact) mass is 336 g/mol. The Kier molecular flexibility index (Phi) is 4.60. The van der Waals surface area contributed by atoms with Gasteiger partial charge < -0.3 is 10.5 Å². The molecule has 0 aliphatic carbocycles. The van der Waals surface area contributed by atoms with Crippen LogP contribution < -0.4 is 5.73 Å². The highest BCUT2D eigenvalue weighted by molar-refractivity contribution is 7.89. The van der Waals surface area contributed by atoms with Crippen molar-refractivity contribution in [2.24, 2.45) is 5.73 Å². The van der Waals surface area contributed by atoms with Gasteiger partial charge in [0.15, 0.2) is 0 Å². The van der Waals surface area contributed by atoms with Crippen molar-refractivity contribution >= 4 is 21.6 Å². The first-order chi connectivity index (χ1) is 9.70. The number of rotatable bonds is 3. The van der Waals surface area contributed by atoms with Crippen LogP contribution in [0.3, 0.4) is 0 Å². The van der Waals surface area contributed by atoms with E-state index in [1.165, 1.54) is 10.4 Å². The minimum Gasteiger partial charge on any atom is -0.378 e. The molecule has 0 saturated carbocycles. The highest BCUT2D eigenvalue weighted by Crippen LogP contribution is 2.31. The molecule has 0 radical (unpaired) electrons. The van der Waals surface area contributed by atoms with Gasteiger partial charge in [-0.3, -0.25) is 0 Å². The van der Waals surface area contributed by atoms with Crippen LogP contribution in [-0.4, -0.2) is 38.0 Å². The third kappa shape index (κ3) is 3.07. The summed E-state index contributed by atoms with van der Waals surface area (Å²) in [4.78, 5) is -0.439. The Morgan fingerprint density at radius 2 is 2.14 bits per heavy atom. The largest absolute Gasteiger partial charge is 0.378 e. The number of ether oxygens (including phenoxy) is 1. The minimum absolute atomic E-state index is 0.0761. The number of morpholine rings is 1. The van der Waals surface area contributed by atoms with Crippen molar-refractivity contribution in [2.45, 2.75) is 30.8 Å². The Bertz CT molecular complexity index is 649. The van der Waals surface area contributed by atoms with Crippen LogP contribution in [0.25, 0.3) is 0 Å². The van der Waals surface area contributed by atoms with Gasteiger partial charge in [0.2, 0.25) is 10.0 Å². The fourth-order valence-electron chi connectivity index (χ4n) is 2.36. The maximum atomic E-state index is 14.4. The molecule has 2 rings (SSSR count). The molecule has 5 nitrogen and oxygen atoms in total. The SMILES string of the molecule is CC1(C)COCCN1S(=O)(=O)c1cc(Cl)cc(CN)c1F. The van der Waals surface area contributed by atoms with Crippen molar-refractivity contribution in [1.29, 1.82) is 0 Å². The lowest BCUT2D eigenvalue weighted by atomic mass is 10.1. The lowest BCUT2D eigenvalue weighted by Gasteiger charge is -2.40. The van der Waals surface area contributed by atoms with Crippen molar-refractivity contribution in [3.8, 4) is 0 Å². The summed E-state index contributed by atoms with van der Waals surface area (Å²) in [5, 5.41) is 0.140.